The first-order valence-electron chi connectivity index (χ1n) is 9.60. The van der Waals surface area contributed by atoms with Crippen molar-refractivity contribution in [3.8, 4) is 0 Å². The van der Waals surface area contributed by atoms with Crippen LogP contribution in [0.4, 0.5) is 16.2 Å². The summed E-state index contributed by atoms with van der Waals surface area (Å²) in [6, 6.07) is -0.850. The first kappa shape index (κ1) is 23.3. The third-order valence-corrected chi connectivity index (χ3v) is 5.95. The van der Waals surface area contributed by atoms with Crippen molar-refractivity contribution in [1.29, 1.82) is 0 Å². The van der Waals surface area contributed by atoms with Crippen LogP contribution in [0.25, 0.3) is 11.2 Å². The fourth-order valence-electron chi connectivity index (χ4n) is 3.43. The van der Waals surface area contributed by atoms with Crippen LogP contribution in [0.5, 0.6) is 0 Å². The highest BCUT2D eigenvalue weighted by molar-refractivity contribution is 7.36. The summed E-state index contributed by atoms with van der Waals surface area (Å²) in [7, 11) is 1.92. The Bertz CT molecular complexity index is 989. The Balaban J connectivity index is 1.73. The van der Waals surface area contributed by atoms with Crippen LogP contribution in [-0.4, -0.2) is 65.2 Å². The van der Waals surface area contributed by atoms with E-state index in [1.807, 2.05) is 6.92 Å². The van der Waals surface area contributed by atoms with Crippen molar-refractivity contribution in [1.82, 2.24) is 24.6 Å². The summed E-state index contributed by atoms with van der Waals surface area (Å²) in [5, 5.41) is 2.45. The van der Waals surface area contributed by atoms with Crippen molar-refractivity contribution in [2.45, 2.75) is 38.4 Å². The molecule has 0 spiro atoms. The van der Waals surface area contributed by atoms with Gasteiger partial charge in [0.2, 0.25) is 11.8 Å². The lowest BCUT2D eigenvalue weighted by molar-refractivity contribution is -0.172. The maximum absolute atomic E-state index is 15.3. The minimum atomic E-state index is -2.89. The number of nitrogens with zero attached hydrogens (tertiary/aromatic N) is 5. The molecule has 0 radical (unpaired) electrons. The van der Waals surface area contributed by atoms with Crippen LogP contribution in [0.2, 0.25) is 0 Å². The quantitative estimate of drug-likeness (QED) is 0.434. The minimum Gasteiger partial charge on any atom is -0.468 e. The number of hydrogen-bond acceptors (Lipinski definition) is 10. The summed E-state index contributed by atoms with van der Waals surface area (Å²) in [4.78, 5) is 25.9. The van der Waals surface area contributed by atoms with Gasteiger partial charge in [0.1, 0.15) is 18.9 Å². The molecular weight excluding hydrogens is 432 g/mol. The minimum absolute atomic E-state index is 0.000144. The molecule has 1 aliphatic rings. The molecule has 5 atom stereocenters. The van der Waals surface area contributed by atoms with Gasteiger partial charge in [-0.3, -0.25) is 13.9 Å². The zero-order chi connectivity index (χ0) is 22.9. The summed E-state index contributed by atoms with van der Waals surface area (Å²) in [5.74, 6) is -2.46. The van der Waals surface area contributed by atoms with E-state index in [9.17, 15) is 9.36 Å². The molecule has 12 nitrogen and oxygen atoms in total. The van der Waals surface area contributed by atoms with E-state index >= 15 is 4.39 Å². The Morgan fingerprint density at radius 2 is 2.26 bits per heavy atom. The van der Waals surface area contributed by atoms with Crippen LogP contribution < -0.4 is 15.7 Å². The molecule has 2 aromatic heterocycles. The number of halogens is 1. The highest BCUT2D eigenvalue weighted by Gasteiger charge is 2.47. The second-order valence-corrected chi connectivity index (χ2v) is 8.81. The number of ether oxygens (including phenoxy) is 2. The maximum atomic E-state index is 15.3. The van der Waals surface area contributed by atoms with Gasteiger partial charge in [0.15, 0.2) is 17.0 Å². The summed E-state index contributed by atoms with van der Waals surface area (Å²) in [6.07, 6.45) is 0.773. The number of nitrogen functional groups attached to an aromatic ring is 1. The summed E-state index contributed by atoms with van der Waals surface area (Å²) in [5.41, 5.74) is 6.76. The largest absolute Gasteiger partial charge is 0.468 e. The number of alkyl halides is 1. The molecule has 0 aromatic carbocycles. The Labute approximate surface area is 179 Å². The summed E-state index contributed by atoms with van der Waals surface area (Å²) >= 11 is 0. The Hall–Kier alpha value is -2.34. The number of anilines is 2. The molecule has 31 heavy (non-hydrogen) atoms. The highest BCUT2D eigenvalue weighted by atomic mass is 31.1. The smallest absolute Gasteiger partial charge is 0.322 e. The Kier molecular flexibility index (Phi) is 6.79. The Morgan fingerprint density at radius 1 is 1.55 bits per heavy atom. The van der Waals surface area contributed by atoms with Crippen LogP contribution >= 0.6 is 8.18 Å². The number of imidazole rings is 1. The van der Waals surface area contributed by atoms with Crippen LogP contribution in [0, 0.1) is 5.92 Å². The number of rotatable bonds is 8. The van der Waals surface area contributed by atoms with Gasteiger partial charge in [0.25, 0.3) is 8.18 Å². The number of nitrogens with two attached hydrogens (primary N) is 1. The van der Waals surface area contributed by atoms with E-state index in [-0.39, 0.29) is 18.3 Å². The lowest BCUT2D eigenvalue weighted by Crippen LogP contribution is -2.32. The average molecular weight is 459 g/mol. The number of aromatic nitrogens is 4. The predicted octanol–water partition coefficient (Wildman–Crippen LogP) is 1.25. The number of hydrogen-bond donors (Lipinski definition) is 2. The van der Waals surface area contributed by atoms with Crippen molar-refractivity contribution in [3.05, 3.63) is 6.33 Å². The van der Waals surface area contributed by atoms with Crippen molar-refractivity contribution in [2.75, 3.05) is 38.4 Å². The van der Waals surface area contributed by atoms with E-state index in [2.05, 4.69) is 24.8 Å². The zero-order valence-corrected chi connectivity index (χ0v) is 19.0. The van der Waals surface area contributed by atoms with E-state index in [0.29, 0.717) is 17.0 Å². The van der Waals surface area contributed by atoms with Gasteiger partial charge in [0, 0.05) is 26.4 Å². The lowest BCUT2D eigenvalue weighted by atomic mass is 10.1. The van der Waals surface area contributed by atoms with Gasteiger partial charge in [0.05, 0.1) is 13.4 Å². The van der Waals surface area contributed by atoms with Gasteiger partial charge < -0.3 is 24.6 Å². The molecule has 3 heterocycles. The monoisotopic (exact) mass is 459 g/mol. The molecule has 1 unspecified atom stereocenters. The normalized spacial score (nSPS) is 25.5. The van der Waals surface area contributed by atoms with Gasteiger partial charge in [-0.25, -0.2) is 14.5 Å². The topological polar surface area (TPSA) is 147 Å². The summed E-state index contributed by atoms with van der Waals surface area (Å²) < 4.78 is 44.3. The molecule has 0 amide bonds. The molecule has 172 valence electrons. The molecule has 0 bridgehead atoms. The molecule has 0 saturated carbocycles. The predicted molar refractivity (Wildman–Crippen MR) is 111 cm³/mol. The summed E-state index contributed by atoms with van der Waals surface area (Å²) in [6.45, 7) is 2.71. The van der Waals surface area contributed by atoms with Gasteiger partial charge >= 0.3 is 5.97 Å². The molecule has 3 N–H and O–H groups in total. The average Bonchev–Trinajstić information content (AvgIpc) is 3.25. The molecule has 2 aromatic rings. The van der Waals surface area contributed by atoms with E-state index in [4.69, 9.17) is 15.0 Å². The van der Waals surface area contributed by atoms with E-state index in [0.717, 1.165) is 0 Å². The van der Waals surface area contributed by atoms with E-state index in [1.165, 1.54) is 20.4 Å². The third kappa shape index (κ3) is 4.95. The number of carbonyl (C=O) groups is 1. The zero-order valence-electron chi connectivity index (χ0n) is 18.0. The SMILES string of the molecule is COC(=O)[C@@H](C)N[PH](=O)OC[C@]1(F)C[C@H](C)[C@H](n2cnc3c(N(C)C)nc(N)nc32)O1. The molecular formula is C17H27FN7O5P. The van der Waals surface area contributed by atoms with Crippen LogP contribution in [-0.2, 0) is 23.4 Å². The van der Waals surface area contributed by atoms with Gasteiger partial charge in [-0.2, -0.15) is 9.97 Å². The lowest BCUT2D eigenvalue weighted by Gasteiger charge is -2.22. The van der Waals surface area contributed by atoms with Gasteiger partial charge in [-0.15, -0.1) is 0 Å². The van der Waals surface area contributed by atoms with Crippen molar-refractivity contribution in [3.63, 3.8) is 0 Å². The van der Waals surface area contributed by atoms with Gasteiger partial charge in [-0.05, 0) is 6.92 Å². The second kappa shape index (κ2) is 9.03. The molecule has 3 rings (SSSR count). The fraction of sp³-hybridized carbons (Fsp3) is 0.647. The van der Waals surface area contributed by atoms with Crippen molar-refractivity contribution in [2.24, 2.45) is 5.92 Å². The van der Waals surface area contributed by atoms with E-state index in [1.54, 1.807) is 23.6 Å². The molecule has 14 heteroatoms. The number of fused-ring (bicyclic) bond motifs is 1. The molecule has 0 aliphatic carbocycles. The highest BCUT2D eigenvalue weighted by Crippen LogP contribution is 2.44. The number of methoxy groups -OCH3 is 1. The first-order valence-corrected chi connectivity index (χ1v) is 10.9. The standard InChI is InChI=1S/C17H27FN7O5P/c1-9-6-17(18,7-29-31(27)23-10(2)15(26)28-5)30-14(9)25-8-20-11-12(24(3)4)21-16(19)22-13(11)25/h8-10,14,31H,6-7H2,1-5H3,(H,23,27)(H2,19,21,22)/t9-,10+,14+,17-/m0/s1. The van der Waals surface area contributed by atoms with Crippen molar-refractivity contribution < 1.29 is 27.7 Å². The van der Waals surface area contributed by atoms with Crippen molar-refractivity contribution >= 4 is 37.1 Å². The second-order valence-electron chi connectivity index (χ2n) is 7.66. The number of esters is 1. The fourth-order valence-corrected chi connectivity index (χ4v) is 4.33. The third-order valence-electron chi connectivity index (χ3n) is 4.87. The molecule has 1 fully saturated rings. The number of carbonyl (C=O) groups excluding carboxylic acids is 1. The van der Waals surface area contributed by atoms with Crippen LogP contribution in [0.15, 0.2) is 6.33 Å². The molecule has 1 aliphatic heterocycles. The van der Waals surface area contributed by atoms with Crippen LogP contribution in [0.3, 0.4) is 0 Å². The molecule has 1 saturated heterocycles. The maximum Gasteiger partial charge on any atom is 0.322 e. The first-order chi connectivity index (χ1) is 14.5. The van der Waals surface area contributed by atoms with E-state index < -0.39 is 38.9 Å². The van der Waals surface area contributed by atoms with Gasteiger partial charge in [-0.1, -0.05) is 6.92 Å². The Morgan fingerprint density at radius 3 is 2.90 bits per heavy atom. The number of nitrogens with one attached hydrogen (secondary N) is 1. The van der Waals surface area contributed by atoms with Crippen LogP contribution in [0.1, 0.15) is 26.5 Å².